The lowest BCUT2D eigenvalue weighted by Crippen LogP contribution is -2.38. The summed E-state index contributed by atoms with van der Waals surface area (Å²) in [4.78, 5) is 15.6. The number of amides is 2. The first-order valence-electron chi connectivity index (χ1n) is 5.23. The summed E-state index contributed by atoms with van der Waals surface area (Å²) in [7, 11) is 0. The maximum atomic E-state index is 11.4. The van der Waals surface area contributed by atoms with Gasteiger partial charge in [-0.15, -0.1) is 0 Å². The number of carbonyl (C=O) groups excluding carboxylic acids is 1. The molecule has 1 aliphatic rings. The number of hydrogen-bond acceptors (Lipinski definition) is 2. The van der Waals surface area contributed by atoms with Crippen molar-refractivity contribution in [1.82, 2.24) is 15.6 Å². The average molecular weight is 205 g/mol. The molecule has 1 aromatic heterocycles. The first kappa shape index (κ1) is 9.96. The van der Waals surface area contributed by atoms with Crippen LogP contribution in [0.25, 0.3) is 0 Å². The molecule has 0 aromatic carbocycles. The Morgan fingerprint density at radius 2 is 2.33 bits per heavy atom. The Bertz CT molecular complexity index is 335. The van der Waals surface area contributed by atoms with E-state index in [0.29, 0.717) is 6.04 Å². The van der Waals surface area contributed by atoms with Crippen molar-refractivity contribution in [2.75, 3.05) is 0 Å². The van der Waals surface area contributed by atoms with Crippen molar-refractivity contribution in [3.8, 4) is 0 Å². The predicted molar refractivity (Wildman–Crippen MR) is 57.3 cm³/mol. The first-order chi connectivity index (χ1) is 7.25. The monoisotopic (exact) mass is 205 g/mol. The number of hydrogen-bond donors (Lipinski definition) is 2. The van der Waals surface area contributed by atoms with Gasteiger partial charge in [0.05, 0.1) is 11.7 Å². The van der Waals surface area contributed by atoms with Gasteiger partial charge in [-0.25, -0.2) is 4.79 Å². The Balaban J connectivity index is 1.85. The van der Waals surface area contributed by atoms with E-state index in [4.69, 9.17) is 0 Å². The smallest absolute Gasteiger partial charge is 0.315 e. The molecule has 1 aromatic rings. The fourth-order valence-corrected chi connectivity index (χ4v) is 1.36. The van der Waals surface area contributed by atoms with E-state index in [9.17, 15) is 4.79 Å². The number of urea groups is 1. The minimum absolute atomic E-state index is 0.0510. The molecule has 1 heterocycles. The van der Waals surface area contributed by atoms with Gasteiger partial charge in [0.15, 0.2) is 0 Å². The van der Waals surface area contributed by atoms with Gasteiger partial charge in [-0.1, -0.05) is 6.07 Å². The standard InChI is InChI=1S/C11H15N3O/c1-8(10-4-2-3-7-12-10)13-11(15)14-9-5-6-9/h2-4,7-9H,5-6H2,1H3,(H2,13,14,15). The molecule has 2 N–H and O–H groups in total. The van der Waals surface area contributed by atoms with Crippen LogP contribution < -0.4 is 10.6 Å². The van der Waals surface area contributed by atoms with Crippen molar-refractivity contribution in [2.45, 2.75) is 31.8 Å². The molecule has 4 nitrogen and oxygen atoms in total. The minimum Gasteiger partial charge on any atom is -0.335 e. The SMILES string of the molecule is CC(NC(=O)NC1CC1)c1ccccn1. The third-order valence-electron chi connectivity index (χ3n) is 2.39. The lowest BCUT2D eigenvalue weighted by atomic mass is 10.2. The molecule has 0 radical (unpaired) electrons. The maximum absolute atomic E-state index is 11.4. The van der Waals surface area contributed by atoms with Crippen LogP contribution in [0.4, 0.5) is 4.79 Å². The molecule has 4 heteroatoms. The van der Waals surface area contributed by atoms with Gasteiger partial charge in [0.2, 0.25) is 0 Å². The highest BCUT2D eigenvalue weighted by atomic mass is 16.2. The summed E-state index contributed by atoms with van der Waals surface area (Å²) in [6.07, 6.45) is 3.93. The van der Waals surface area contributed by atoms with Crippen molar-refractivity contribution in [3.63, 3.8) is 0 Å². The molecular formula is C11H15N3O. The Morgan fingerprint density at radius 1 is 1.53 bits per heavy atom. The number of nitrogens with zero attached hydrogens (tertiary/aromatic N) is 1. The maximum Gasteiger partial charge on any atom is 0.315 e. The molecule has 2 rings (SSSR count). The van der Waals surface area contributed by atoms with E-state index < -0.39 is 0 Å². The van der Waals surface area contributed by atoms with Gasteiger partial charge in [0, 0.05) is 12.2 Å². The Labute approximate surface area is 89.1 Å². The molecule has 1 aliphatic carbocycles. The molecule has 0 spiro atoms. The third-order valence-corrected chi connectivity index (χ3v) is 2.39. The van der Waals surface area contributed by atoms with E-state index in [1.54, 1.807) is 6.20 Å². The summed E-state index contributed by atoms with van der Waals surface area (Å²) in [5.74, 6) is 0. The predicted octanol–water partition coefficient (Wildman–Crippen LogP) is 1.60. The van der Waals surface area contributed by atoms with E-state index in [1.807, 2.05) is 25.1 Å². The van der Waals surface area contributed by atoms with Gasteiger partial charge in [-0.2, -0.15) is 0 Å². The van der Waals surface area contributed by atoms with Crippen molar-refractivity contribution in [2.24, 2.45) is 0 Å². The third kappa shape index (κ3) is 2.94. The van der Waals surface area contributed by atoms with Crippen LogP contribution in [0.2, 0.25) is 0 Å². The van der Waals surface area contributed by atoms with Crippen LogP contribution in [0.5, 0.6) is 0 Å². The number of pyridine rings is 1. The summed E-state index contributed by atoms with van der Waals surface area (Å²) in [5.41, 5.74) is 0.878. The zero-order valence-electron chi connectivity index (χ0n) is 8.73. The number of nitrogens with one attached hydrogen (secondary N) is 2. The van der Waals surface area contributed by atoms with Crippen LogP contribution in [-0.4, -0.2) is 17.1 Å². The fourth-order valence-electron chi connectivity index (χ4n) is 1.36. The van der Waals surface area contributed by atoms with Gasteiger partial charge in [0.1, 0.15) is 0 Å². The number of aromatic nitrogens is 1. The Hall–Kier alpha value is -1.58. The average Bonchev–Trinajstić information content (AvgIpc) is 3.03. The van der Waals surface area contributed by atoms with Gasteiger partial charge in [-0.05, 0) is 31.9 Å². The van der Waals surface area contributed by atoms with E-state index in [1.165, 1.54) is 0 Å². The second kappa shape index (κ2) is 4.29. The number of carbonyl (C=O) groups is 1. The van der Waals surface area contributed by atoms with E-state index in [0.717, 1.165) is 18.5 Å². The highest BCUT2D eigenvalue weighted by Gasteiger charge is 2.23. The van der Waals surface area contributed by atoms with Gasteiger partial charge >= 0.3 is 6.03 Å². The van der Waals surface area contributed by atoms with Crippen molar-refractivity contribution >= 4 is 6.03 Å². The van der Waals surface area contributed by atoms with Crippen molar-refractivity contribution < 1.29 is 4.79 Å². The van der Waals surface area contributed by atoms with Gasteiger partial charge in [-0.3, -0.25) is 4.98 Å². The van der Waals surface area contributed by atoms with E-state index >= 15 is 0 Å². The van der Waals surface area contributed by atoms with Crippen LogP contribution in [0.3, 0.4) is 0 Å². The molecule has 15 heavy (non-hydrogen) atoms. The first-order valence-corrected chi connectivity index (χ1v) is 5.23. The summed E-state index contributed by atoms with van der Waals surface area (Å²) in [6.45, 7) is 1.93. The zero-order valence-corrected chi connectivity index (χ0v) is 8.73. The molecule has 1 saturated carbocycles. The highest BCUT2D eigenvalue weighted by molar-refractivity contribution is 5.75. The highest BCUT2D eigenvalue weighted by Crippen LogP contribution is 2.18. The molecular weight excluding hydrogens is 190 g/mol. The van der Waals surface area contributed by atoms with E-state index in [-0.39, 0.29) is 12.1 Å². The van der Waals surface area contributed by atoms with Crippen LogP contribution in [0, 0.1) is 0 Å². The molecule has 1 atom stereocenters. The second-order valence-electron chi connectivity index (χ2n) is 3.87. The van der Waals surface area contributed by atoms with Crippen LogP contribution in [0.1, 0.15) is 31.5 Å². The van der Waals surface area contributed by atoms with Crippen LogP contribution >= 0.6 is 0 Å². The lowest BCUT2D eigenvalue weighted by Gasteiger charge is -2.13. The fraction of sp³-hybridized carbons (Fsp3) is 0.455. The summed E-state index contributed by atoms with van der Waals surface area (Å²) >= 11 is 0. The summed E-state index contributed by atoms with van der Waals surface area (Å²) < 4.78 is 0. The normalized spacial score (nSPS) is 16.9. The molecule has 1 unspecified atom stereocenters. The van der Waals surface area contributed by atoms with Crippen molar-refractivity contribution in [1.29, 1.82) is 0 Å². The number of rotatable bonds is 3. The summed E-state index contributed by atoms with van der Waals surface area (Å²) in [6, 6.07) is 5.92. The zero-order chi connectivity index (χ0) is 10.7. The molecule has 2 amide bonds. The molecule has 0 bridgehead atoms. The Morgan fingerprint density at radius 3 is 2.93 bits per heavy atom. The topological polar surface area (TPSA) is 54.0 Å². The largest absolute Gasteiger partial charge is 0.335 e. The van der Waals surface area contributed by atoms with E-state index in [2.05, 4.69) is 15.6 Å². The second-order valence-corrected chi connectivity index (χ2v) is 3.87. The van der Waals surface area contributed by atoms with Gasteiger partial charge in [0.25, 0.3) is 0 Å². The van der Waals surface area contributed by atoms with Crippen molar-refractivity contribution in [3.05, 3.63) is 30.1 Å². The van der Waals surface area contributed by atoms with Gasteiger partial charge < -0.3 is 10.6 Å². The molecule has 1 fully saturated rings. The Kier molecular flexibility index (Phi) is 2.85. The summed E-state index contributed by atoms with van der Waals surface area (Å²) in [5, 5.41) is 5.73. The quantitative estimate of drug-likeness (QED) is 0.787. The molecule has 0 saturated heterocycles. The molecule has 80 valence electrons. The molecule has 0 aliphatic heterocycles. The van der Waals surface area contributed by atoms with Crippen LogP contribution in [0.15, 0.2) is 24.4 Å². The van der Waals surface area contributed by atoms with Crippen LogP contribution in [-0.2, 0) is 0 Å². The lowest BCUT2D eigenvalue weighted by molar-refractivity contribution is 0.237. The minimum atomic E-state index is -0.101.